The van der Waals surface area contributed by atoms with Crippen molar-refractivity contribution >= 4 is 5.97 Å². The van der Waals surface area contributed by atoms with Crippen LogP contribution in [0, 0.1) is 0 Å². The van der Waals surface area contributed by atoms with Crippen LogP contribution in [0.4, 0.5) is 0 Å². The van der Waals surface area contributed by atoms with Crippen molar-refractivity contribution in [1.82, 2.24) is 0 Å². The first kappa shape index (κ1) is 11.9. The van der Waals surface area contributed by atoms with E-state index < -0.39 is 12.4 Å². The van der Waals surface area contributed by atoms with Gasteiger partial charge in [0, 0.05) is 6.42 Å². The van der Waals surface area contributed by atoms with E-state index in [1.807, 2.05) is 60.7 Å². The highest BCUT2D eigenvalue weighted by Gasteiger charge is 2.36. The van der Waals surface area contributed by atoms with Crippen LogP contribution in [0.15, 0.2) is 60.7 Å². The highest BCUT2D eigenvalue weighted by atomic mass is 16.7. The second kappa shape index (κ2) is 5.24. The van der Waals surface area contributed by atoms with Gasteiger partial charge in [0.1, 0.15) is 0 Å². The van der Waals surface area contributed by atoms with Crippen LogP contribution >= 0.6 is 0 Å². The summed E-state index contributed by atoms with van der Waals surface area (Å²) < 4.78 is 11.0. The first-order valence-electron chi connectivity index (χ1n) is 6.28. The zero-order chi connectivity index (χ0) is 13.1. The predicted octanol–water partition coefficient (Wildman–Crippen LogP) is 2.87. The van der Waals surface area contributed by atoms with Crippen molar-refractivity contribution in [2.45, 2.75) is 18.8 Å². The number of hydrogen-bond acceptors (Lipinski definition) is 3. The molecule has 0 bridgehead atoms. The van der Waals surface area contributed by atoms with Crippen LogP contribution in [0.5, 0.6) is 0 Å². The fourth-order valence-electron chi connectivity index (χ4n) is 2.17. The van der Waals surface area contributed by atoms with Crippen molar-refractivity contribution in [3.63, 3.8) is 0 Å². The monoisotopic (exact) mass is 254 g/mol. The number of rotatable bonds is 3. The Labute approximate surface area is 111 Å². The van der Waals surface area contributed by atoms with E-state index in [0.717, 1.165) is 11.1 Å². The van der Waals surface area contributed by atoms with Crippen LogP contribution < -0.4 is 0 Å². The number of benzene rings is 2. The van der Waals surface area contributed by atoms with Gasteiger partial charge < -0.3 is 9.47 Å². The van der Waals surface area contributed by atoms with Gasteiger partial charge in [-0.15, -0.1) is 0 Å². The Morgan fingerprint density at radius 1 is 0.895 bits per heavy atom. The number of ether oxygens (including phenoxy) is 2. The zero-order valence-electron chi connectivity index (χ0n) is 10.4. The van der Waals surface area contributed by atoms with Crippen molar-refractivity contribution in [1.29, 1.82) is 0 Å². The van der Waals surface area contributed by atoms with Crippen molar-refractivity contribution in [3.05, 3.63) is 71.8 Å². The van der Waals surface area contributed by atoms with Gasteiger partial charge in [-0.3, -0.25) is 0 Å². The molecular weight excluding hydrogens is 240 g/mol. The summed E-state index contributed by atoms with van der Waals surface area (Å²) in [5, 5.41) is 0. The van der Waals surface area contributed by atoms with Gasteiger partial charge in [-0.2, -0.15) is 0 Å². The van der Waals surface area contributed by atoms with Gasteiger partial charge >= 0.3 is 5.97 Å². The standard InChI is InChI=1S/C16H14O3/c17-16-15(13-9-5-2-6-10-13)18-14(19-16)11-12-7-3-1-4-8-12/h1-10,14-15H,11H2. The second-order valence-electron chi connectivity index (χ2n) is 4.48. The molecule has 2 aromatic rings. The van der Waals surface area contributed by atoms with Crippen molar-refractivity contribution in [2.24, 2.45) is 0 Å². The summed E-state index contributed by atoms with van der Waals surface area (Å²) in [5.74, 6) is -0.313. The molecule has 0 spiro atoms. The molecule has 2 unspecified atom stereocenters. The van der Waals surface area contributed by atoms with Crippen LogP contribution in [0.25, 0.3) is 0 Å². The molecule has 0 N–H and O–H groups in total. The average Bonchev–Trinajstić information content (AvgIpc) is 2.82. The summed E-state index contributed by atoms with van der Waals surface area (Å²) in [6, 6.07) is 19.3. The smallest absolute Gasteiger partial charge is 0.342 e. The molecule has 1 aliphatic heterocycles. The van der Waals surface area contributed by atoms with Gasteiger partial charge in [-0.25, -0.2) is 4.79 Å². The minimum atomic E-state index is -0.602. The third-order valence-corrected chi connectivity index (χ3v) is 3.10. The Balaban J connectivity index is 1.70. The van der Waals surface area contributed by atoms with Crippen LogP contribution in [-0.2, 0) is 20.7 Å². The average molecular weight is 254 g/mol. The fourth-order valence-corrected chi connectivity index (χ4v) is 2.17. The predicted molar refractivity (Wildman–Crippen MR) is 70.3 cm³/mol. The number of esters is 1. The van der Waals surface area contributed by atoms with Crippen LogP contribution in [0.1, 0.15) is 17.2 Å². The number of carbonyl (C=O) groups excluding carboxylic acids is 1. The Bertz CT molecular complexity index is 551. The summed E-state index contributed by atoms with van der Waals surface area (Å²) in [7, 11) is 0. The molecule has 0 amide bonds. The van der Waals surface area contributed by atoms with Crippen LogP contribution in [-0.4, -0.2) is 12.3 Å². The third-order valence-electron chi connectivity index (χ3n) is 3.10. The number of hydrogen-bond donors (Lipinski definition) is 0. The van der Waals surface area contributed by atoms with E-state index in [4.69, 9.17) is 9.47 Å². The summed E-state index contributed by atoms with van der Waals surface area (Å²) >= 11 is 0. The summed E-state index contributed by atoms with van der Waals surface area (Å²) in [5.41, 5.74) is 1.93. The van der Waals surface area contributed by atoms with Crippen LogP contribution in [0.2, 0.25) is 0 Å². The molecule has 1 saturated heterocycles. The van der Waals surface area contributed by atoms with Gasteiger partial charge in [-0.05, 0) is 11.1 Å². The van der Waals surface area contributed by atoms with Crippen molar-refractivity contribution < 1.29 is 14.3 Å². The Morgan fingerprint density at radius 3 is 2.21 bits per heavy atom. The lowest BCUT2D eigenvalue weighted by atomic mass is 10.1. The maximum Gasteiger partial charge on any atom is 0.342 e. The maximum absolute atomic E-state index is 11.8. The first-order chi connectivity index (χ1) is 9.33. The molecular formula is C16H14O3. The molecule has 0 aromatic heterocycles. The summed E-state index contributed by atoms with van der Waals surface area (Å²) in [6.07, 6.45) is -0.523. The minimum Gasteiger partial charge on any atom is -0.433 e. The molecule has 2 atom stereocenters. The van der Waals surface area contributed by atoms with E-state index in [-0.39, 0.29) is 5.97 Å². The molecule has 3 nitrogen and oxygen atoms in total. The molecule has 0 saturated carbocycles. The van der Waals surface area contributed by atoms with Crippen molar-refractivity contribution in [3.8, 4) is 0 Å². The van der Waals surface area contributed by atoms with Crippen molar-refractivity contribution in [2.75, 3.05) is 0 Å². The maximum atomic E-state index is 11.8. The van der Waals surface area contributed by atoms with Crippen LogP contribution in [0.3, 0.4) is 0 Å². The lowest BCUT2D eigenvalue weighted by molar-refractivity contribution is -0.143. The highest BCUT2D eigenvalue weighted by Crippen LogP contribution is 2.29. The SMILES string of the molecule is O=C1OC(Cc2ccccc2)OC1c1ccccc1. The minimum absolute atomic E-state index is 0.313. The number of cyclic esters (lactones) is 1. The highest BCUT2D eigenvalue weighted by molar-refractivity contribution is 5.78. The molecule has 96 valence electrons. The van der Waals surface area contributed by atoms with E-state index in [1.165, 1.54) is 0 Å². The van der Waals surface area contributed by atoms with Gasteiger partial charge in [-0.1, -0.05) is 60.7 Å². The largest absolute Gasteiger partial charge is 0.433 e. The molecule has 0 aliphatic carbocycles. The van der Waals surface area contributed by atoms with E-state index in [1.54, 1.807) is 0 Å². The quantitative estimate of drug-likeness (QED) is 0.790. The molecule has 2 aromatic carbocycles. The zero-order valence-corrected chi connectivity index (χ0v) is 10.4. The van der Waals surface area contributed by atoms with E-state index in [9.17, 15) is 4.79 Å². The van der Waals surface area contributed by atoms with Gasteiger partial charge in [0.25, 0.3) is 0 Å². The van der Waals surface area contributed by atoms with Gasteiger partial charge in [0.2, 0.25) is 6.29 Å². The van der Waals surface area contributed by atoms with Gasteiger partial charge in [0.15, 0.2) is 6.10 Å². The van der Waals surface area contributed by atoms with Gasteiger partial charge in [0.05, 0.1) is 0 Å². The molecule has 19 heavy (non-hydrogen) atoms. The Hall–Kier alpha value is -2.13. The lowest BCUT2D eigenvalue weighted by Gasteiger charge is -2.09. The molecule has 1 aliphatic rings. The number of carbonyl (C=O) groups is 1. The Morgan fingerprint density at radius 2 is 1.53 bits per heavy atom. The summed E-state index contributed by atoms with van der Waals surface area (Å²) in [6.45, 7) is 0. The topological polar surface area (TPSA) is 35.5 Å². The molecule has 0 radical (unpaired) electrons. The molecule has 1 heterocycles. The Kier molecular flexibility index (Phi) is 3.29. The van der Waals surface area contributed by atoms with E-state index in [0.29, 0.717) is 6.42 Å². The normalized spacial score (nSPS) is 22.2. The molecule has 1 fully saturated rings. The second-order valence-corrected chi connectivity index (χ2v) is 4.48. The fraction of sp³-hybridized carbons (Fsp3) is 0.188. The first-order valence-corrected chi connectivity index (χ1v) is 6.28. The summed E-state index contributed by atoms with van der Waals surface area (Å²) in [4.78, 5) is 11.8. The molecule has 3 rings (SSSR count). The molecule has 3 heteroatoms. The van der Waals surface area contributed by atoms with E-state index in [2.05, 4.69) is 0 Å². The third kappa shape index (κ3) is 2.66. The lowest BCUT2D eigenvalue weighted by Crippen LogP contribution is -2.11. The van der Waals surface area contributed by atoms with E-state index >= 15 is 0 Å².